The number of ether oxygens (including phenoxy) is 2. The Morgan fingerprint density at radius 2 is 0.694 bits per heavy atom. The van der Waals surface area contributed by atoms with E-state index in [4.69, 9.17) is 0 Å². The SMILES string of the molecule is Oc1ccccc1Oc1c(F)c(F)c(-c2c(F)c(F)c(Oc3ccccc3O)c(F)c2F)c(F)c1F. The zero-order chi connectivity index (χ0) is 26.3. The normalized spacial score (nSPS) is 11.0. The molecule has 4 aromatic rings. The van der Waals surface area contributed by atoms with Crippen LogP contribution in [0.25, 0.3) is 11.1 Å². The molecule has 0 heterocycles. The van der Waals surface area contributed by atoms with Crippen LogP contribution in [0, 0.1) is 46.5 Å². The minimum absolute atomic E-state index is 0.637. The molecule has 186 valence electrons. The van der Waals surface area contributed by atoms with Gasteiger partial charge in [-0.1, -0.05) is 24.3 Å². The molecule has 12 heteroatoms. The first-order chi connectivity index (χ1) is 17.0. The van der Waals surface area contributed by atoms with Crippen molar-refractivity contribution in [1.82, 2.24) is 0 Å². The van der Waals surface area contributed by atoms with E-state index in [2.05, 4.69) is 9.47 Å². The van der Waals surface area contributed by atoms with Gasteiger partial charge >= 0.3 is 0 Å². The molecule has 4 aromatic carbocycles. The number of hydrogen-bond acceptors (Lipinski definition) is 4. The Bertz CT molecular complexity index is 1340. The second-order valence-electron chi connectivity index (χ2n) is 7.06. The maximum absolute atomic E-state index is 14.7. The average molecular weight is 514 g/mol. The molecule has 2 N–H and O–H groups in total. The van der Waals surface area contributed by atoms with Gasteiger partial charge in [0.1, 0.15) is 0 Å². The van der Waals surface area contributed by atoms with E-state index in [0.717, 1.165) is 24.3 Å². The zero-order valence-electron chi connectivity index (χ0n) is 17.4. The smallest absolute Gasteiger partial charge is 0.205 e. The Hall–Kier alpha value is -4.48. The van der Waals surface area contributed by atoms with Crippen LogP contribution < -0.4 is 9.47 Å². The number of rotatable bonds is 5. The Morgan fingerprint density at radius 1 is 0.417 bits per heavy atom. The van der Waals surface area contributed by atoms with Crippen molar-refractivity contribution < 1.29 is 54.8 Å². The highest BCUT2D eigenvalue weighted by Crippen LogP contribution is 2.44. The van der Waals surface area contributed by atoms with Crippen molar-refractivity contribution in [3.8, 4) is 45.6 Å². The number of phenols is 2. The van der Waals surface area contributed by atoms with E-state index in [1.165, 1.54) is 24.3 Å². The molecule has 0 atom stereocenters. The average Bonchev–Trinajstić information content (AvgIpc) is 2.86. The summed E-state index contributed by atoms with van der Waals surface area (Å²) in [6.45, 7) is 0. The second kappa shape index (κ2) is 9.29. The van der Waals surface area contributed by atoms with Crippen molar-refractivity contribution in [2.75, 3.05) is 0 Å². The quantitative estimate of drug-likeness (QED) is 0.214. The lowest BCUT2D eigenvalue weighted by atomic mass is 10.0. The molecule has 0 saturated heterocycles. The van der Waals surface area contributed by atoms with Crippen LogP contribution in [0.15, 0.2) is 48.5 Å². The summed E-state index contributed by atoms with van der Waals surface area (Å²) in [5, 5.41) is 19.3. The predicted octanol–water partition coefficient (Wildman–Crippen LogP) is 7.46. The fourth-order valence-electron chi connectivity index (χ4n) is 3.15. The van der Waals surface area contributed by atoms with Crippen LogP contribution in [0.2, 0.25) is 0 Å². The van der Waals surface area contributed by atoms with Crippen molar-refractivity contribution in [2.24, 2.45) is 0 Å². The number of hydrogen-bond donors (Lipinski definition) is 2. The Kier molecular flexibility index (Phi) is 6.35. The van der Waals surface area contributed by atoms with Crippen LogP contribution in [0.1, 0.15) is 0 Å². The van der Waals surface area contributed by atoms with Gasteiger partial charge in [-0.05, 0) is 24.3 Å². The van der Waals surface area contributed by atoms with Gasteiger partial charge in [-0.2, -0.15) is 17.6 Å². The van der Waals surface area contributed by atoms with Gasteiger partial charge in [-0.3, -0.25) is 0 Å². The standard InChI is InChI=1S/C24H10F8O4/c25-15-13(16(26)20(30)23(19(15)29)35-11-7-3-1-5-9(11)33)14-17(27)21(31)24(22(32)18(14)28)36-12-8-4-2-6-10(12)34/h1-8,33-34H. The second-order valence-corrected chi connectivity index (χ2v) is 7.06. The van der Waals surface area contributed by atoms with Crippen LogP contribution in [0.4, 0.5) is 35.1 Å². The molecular formula is C24H10F8O4. The highest BCUT2D eigenvalue weighted by atomic mass is 19.2. The molecule has 4 rings (SSSR count). The maximum Gasteiger partial charge on any atom is 0.205 e. The van der Waals surface area contributed by atoms with E-state index in [9.17, 15) is 45.3 Å². The molecule has 0 amide bonds. The third-order valence-corrected chi connectivity index (χ3v) is 4.85. The number of para-hydroxylation sites is 4. The summed E-state index contributed by atoms with van der Waals surface area (Å²) in [6, 6.07) is 9.04. The predicted molar refractivity (Wildman–Crippen MR) is 108 cm³/mol. The van der Waals surface area contributed by atoms with E-state index in [1.54, 1.807) is 0 Å². The van der Waals surface area contributed by atoms with E-state index in [1.807, 2.05) is 0 Å². The van der Waals surface area contributed by atoms with E-state index in [0.29, 0.717) is 0 Å². The Balaban J connectivity index is 1.89. The van der Waals surface area contributed by atoms with Gasteiger partial charge in [0.05, 0.1) is 11.1 Å². The zero-order valence-corrected chi connectivity index (χ0v) is 17.4. The fourth-order valence-corrected chi connectivity index (χ4v) is 3.15. The molecule has 0 bridgehead atoms. The lowest BCUT2D eigenvalue weighted by Crippen LogP contribution is -2.09. The summed E-state index contributed by atoms with van der Waals surface area (Å²) < 4.78 is 127. The molecule has 0 saturated carbocycles. The van der Waals surface area contributed by atoms with Gasteiger partial charge in [0.15, 0.2) is 46.3 Å². The largest absolute Gasteiger partial charge is 0.504 e. The summed E-state index contributed by atoms with van der Waals surface area (Å²) >= 11 is 0. The Labute approximate surface area is 196 Å². The van der Waals surface area contributed by atoms with Crippen LogP contribution in [-0.2, 0) is 0 Å². The molecule has 0 aromatic heterocycles. The van der Waals surface area contributed by atoms with Crippen LogP contribution in [0.5, 0.6) is 34.5 Å². The molecule has 0 fully saturated rings. The lowest BCUT2D eigenvalue weighted by molar-refractivity contribution is 0.346. The van der Waals surface area contributed by atoms with Crippen molar-refractivity contribution in [1.29, 1.82) is 0 Å². The number of aromatic hydroxyl groups is 2. The van der Waals surface area contributed by atoms with Gasteiger partial charge in [-0.15, -0.1) is 0 Å². The van der Waals surface area contributed by atoms with Gasteiger partial charge in [-0.25, -0.2) is 17.6 Å². The van der Waals surface area contributed by atoms with Crippen LogP contribution in [-0.4, -0.2) is 10.2 Å². The van der Waals surface area contributed by atoms with Crippen molar-refractivity contribution in [3.63, 3.8) is 0 Å². The van der Waals surface area contributed by atoms with Crippen LogP contribution in [0.3, 0.4) is 0 Å². The lowest BCUT2D eigenvalue weighted by Gasteiger charge is -2.16. The molecule has 0 aliphatic rings. The summed E-state index contributed by atoms with van der Waals surface area (Å²) in [5.41, 5.74) is -4.23. The van der Waals surface area contributed by atoms with Crippen molar-refractivity contribution in [3.05, 3.63) is 95.1 Å². The molecule has 0 aliphatic carbocycles. The van der Waals surface area contributed by atoms with Crippen molar-refractivity contribution >= 4 is 0 Å². The van der Waals surface area contributed by atoms with Gasteiger partial charge < -0.3 is 19.7 Å². The highest BCUT2D eigenvalue weighted by Gasteiger charge is 2.36. The Morgan fingerprint density at radius 3 is 0.972 bits per heavy atom. The minimum Gasteiger partial charge on any atom is -0.504 e. The summed E-state index contributed by atoms with van der Waals surface area (Å²) in [4.78, 5) is 0. The van der Waals surface area contributed by atoms with Crippen LogP contribution >= 0.6 is 0 Å². The summed E-state index contributed by atoms with van der Waals surface area (Å²) in [6.07, 6.45) is 0. The summed E-state index contributed by atoms with van der Waals surface area (Å²) in [7, 11) is 0. The molecule has 0 unspecified atom stereocenters. The van der Waals surface area contributed by atoms with Gasteiger partial charge in [0.2, 0.25) is 34.8 Å². The third-order valence-electron chi connectivity index (χ3n) is 4.85. The monoisotopic (exact) mass is 514 g/mol. The molecule has 36 heavy (non-hydrogen) atoms. The van der Waals surface area contributed by atoms with Crippen molar-refractivity contribution in [2.45, 2.75) is 0 Å². The maximum atomic E-state index is 14.7. The molecule has 0 aliphatic heterocycles. The van der Waals surface area contributed by atoms with E-state index >= 15 is 0 Å². The minimum atomic E-state index is -2.45. The number of halogens is 8. The van der Waals surface area contributed by atoms with Gasteiger partial charge in [0, 0.05) is 0 Å². The number of phenolic OH excluding ortho intramolecular Hbond substituents is 2. The topological polar surface area (TPSA) is 58.9 Å². The molecular weight excluding hydrogens is 504 g/mol. The molecule has 0 spiro atoms. The first kappa shape index (κ1) is 24.6. The van der Waals surface area contributed by atoms with Gasteiger partial charge in [0.25, 0.3) is 0 Å². The highest BCUT2D eigenvalue weighted by molar-refractivity contribution is 5.69. The third kappa shape index (κ3) is 4.00. The first-order valence-corrected chi connectivity index (χ1v) is 9.68. The molecule has 4 nitrogen and oxygen atoms in total. The fraction of sp³-hybridized carbons (Fsp3) is 0. The summed E-state index contributed by atoms with van der Waals surface area (Å²) in [5.74, 6) is -25.2. The van der Waals surface area contributed by atoms with E-state index < -0.39 is 92.2 Å². The molecule has 0 radical (unpaired) electrons. The number of benzene rings is 4. The first-order valence-electron chi connectivity index (χ1n) is 9.68. The van der Waals surface area contributed by atoms with E-state index in [-0.39, 0.29) is 0 Å².